The minimum atomic E-state index is -0.327. The van der Waals surface area contributed by atoms with E-state index in [0.29, 0.717) is 18.5 Å². The minimum absolute atomic E-state index is 0.150. The lowest BCUT2D eigenvalue weighted by atomic mass is 9.98. The van der Waals surface area contributed by atoms with Gasteiger partial charge in [0.05, 0.1) is 11.0 Å². The SMILES string of the molecule is O=[N+]([O-])c1ccc(Br)cc1N1C2CCC1CC(O)C2. The van der Waals surface area contributed by atoms with Crippen LogP contribution in [0.5, 0.6) is 0 Å². The molecule has 3 rings (SSSR count). The smallest absolute Gasteiger partial charge is 0.292 e. The molecule has 2 heterocycles. The minimum Gasteiger partial charge on any atom is -0.393 e. The largest absolute Gasteiger partial charge is 0.393 e. The molecule has 2 saturated heterocycles. The fraction of sp³-hybridized carbons (Fsp3) is 0.538. The topological polar surface area (TPSA) is 66.6 Å². The molecule has 5 nitrogen and oxygen atoms in total. The van der Waals surface area contributed by atoms with Gasteiger partial charge < -0.3 is 10.0 Å². The van der Waals surface area contributed by atoms with E-state index in [0.717, 1.165) is 17.3 Å². The lowest BCUT2D eigenvalue weighted by Gasteiger charge is -2.38. The normalized spacial score (nSPS) is 29.6. The van der Waals surface area contributed by atoms with E-state index < -0.39 is 0 Å². The predicted octanol–water partition coefficient (Wildman–Crippen LogP) is 2.85. The summed E-state index contributed by atoms with van der Waals surface area (Å²) in [5, 5.41) is 21.0. The number of rotatable bonds is 2. The van der Waals surface area contributed by atoms with Crippen LogP contribution in [-0.4, -0.2) is 28.2 Å². The number of nitro groups is 1. The van der Waals surface area contributed by atoms with Crippen molar-refractivity contribution in [3.05, 3.63) is 32.8 Å². The van der Waals surface area contributed by atoms with E-state index >= 15 is 0 Å². The van der Waals surface area contributed by atoms with Gasteiger partial charge in [-0.25, -0.2) is 0 Å². The van der Waals surface area contributed by atoms with Gasteiger partial charge in [-0.2, -0.15) is 0 Å². The molecule has 0 saturated carbocycles. The Hall–Kier alpha value is -1.14. The van der Waals surface area contributed by atoms with Crippen LogP contribution in [0.15, 0.2) is 22.7 Å². The van der Waals surface area contributed by atoms with Gasteiger partial charge in [-0.3, -0.25) is 10.1 Å². The number of halogens is 1. The molecule has 6 heteroatoms. The van der Waals surface area contributed by atoms with Gasteiger partial charge in [-0.1, -0.05) is 15.9 Å². The van der Waals surface area contributed by atoms with Crippen molar-refractivity contribution in [2.45, 2.75) is 43.9 Å². The zero-order valence-electron chi connectivity index (χ0n) is 10.3. The number of nitrogens with zero attached hydrogens (tertiary/aromatic N) is 2. The third-order valence-electron chi connectivity index (χ3n) is 4.12. The molecule has 1 aromatic rings. The van der Waals surface area contributed by atoms with Gasteiger partial charge in [0.25, 0.3) is 5.69 Å². The Bertz CT molecular complexity index is 509. The monoisotopic (exact) mass is 326 g/mol. The second-order valence-electron chi connectivity index (χ2n) is 5.31. The van der Waals surface area contributed by atoms with Crippen LogP contribution in [0, 0.1) is 10.1 Å². The number of fused-ring (bicyclic) bond motifs is 2. The molecule has 0 aromatic heterocycles. The zero-order valence-corrected chi connectivity index (χ0v) is 11.9. The molecule has 0 radical (unpaired) electrons. The van der Waals surface area contributed by atoms with Gasteiger partial charge >= 0.3 is 0 Å². The fourth-order valence-corrected chi connectivity index (χ4v) is 3.75. The highest BCUT2D eigenvalue weighted by Crippen LogP contribution is 2.43. The number of hydrogen-bond acceptors (Lipinski definition) is 4. The maximum absolute atomic E-state index is 11.2. The molecule has 2 aliphatic rings. The summed E-state index contributed by atoms with van der Waals surface area (Å²) in [5.74, 6) is 0. The molecule has 19 heavy (non-hydrogen) atoms. The molecule has 2 bridgehead atoms. The Labute approximate surface area is 119 Å². The molecule has 0 aliphatic carbocycles. The molecule has 0 amide bonds. The van der Waals surface area contributed by atoms with Crippen LogP contribution in [0.3, 0.4) is 0 Å². The quantitative estimate of drug-likeness (QED) is 0.670. The van der Waals surface area contributed by atoms with E-state index in [9.17, 15) is 15.2 Å². The first-order valence-electron chi connectivity index (χ1n) is 6.46. The van der Waals surface area contributed by atoms with Crippen LogP contribution in [0.2, 0.25) is 0 Å². The maximum Gasteiger partial charge on any atom is 0.292 e. The number of hydrogen-bond donors (Lipinski definition) is 1. The van der Waals surface area contributed by atoms with Gasteiger partial charge in [-0.05, 0) is 37.8 Å². The van der Waals surface area contributed by atoms with Crippen molar-refractivity contribution < 1.29 is 10.0 Å². The zero-order chi connectivity index (χ0) is 13.6. The average Bonchev–Trinajstić information content (AvgIpc) is 2.61. The first-order valence-corrected chi connectivity index (χ1v) is 7.26. The van der Waals surface area contributed by atoms with Gasteiger partial charge in [0, 0.05) is 22.6 Å². The number of aliphatic hydroxyl groups excluding tert-OH is 1. The first-order chi connectivity index (χ1) is 9.06. The summed E-state index contributed by atoms with van der Waals surface area (Å²) in [7, 11) is 0. The Balaban J connectivity index is 2.03. The second kappa shape index (κ2) is 4.76. The Morgan fingerprint density at radius 1 is 1.32 bits per heavy atom. The Kier molecular flexibility index (Phi) is 3.22. The van der Waals surface area contributed by atoms with Crippen molar-refractivity contribution >= 4 is 27.3 Å². The number of aliphatic hydroxyl groups is 1. The molecule has 2 unspecified atom stereocenters. The van der Waals surface area contributed by atoms with Crippen molar-refractivity contribution in [2.75, 3.05) is 4.90 Å². The molecular weight excluding hydrogens is 312 g/mol. The number of nitro benzene ring substituents is 1. The summed E-state index contributed by atoms with van der Waals surface area (Å²) in [6.07, 6.45) is 3.16. The molecule has 2 aliphatic heterocycles. The van der Waals surface area contributed by atoms with Crippen LogP contribution in [0.25, 0.3) is 0 Å². The molecule has 1 aromatic carbocycles. The van der Waals surface area contributed by atoms with Crippen LogP contribution >= 0.6 is 15.9 Å². The third kappa shape index (κ3) is 2.23. The lowest BCUT2D eigenvalue weighted by Crippen LogP contribution is -2.45. The first kappa shape index (κ1) is 12.9. The van der Waals surface area contributed by atoms with Crippen LogP contribution in [-0.2, 0) is 0 Å². The standard InChI is InChI=1S/C13H15BrN2O3/c14-8-1-4-12(16(18)19)13(5-8)15-9-2-3-10(15)7-11(17)6-9/h1,4-5,9-11,17H,2-3,6-7H2. The van der Waals surface area contributed by atoms with Crippen molar-refractivity contribution in [3.63, 3.8) is 0 Å². The maximum atomic E-state index is 11.2. The molecule has 1 N–H and O–H groups in total. The predicted molar refractivity (Wildman–Crippen MR) is 75.3 cm³/mol. The Morgan fingerprint density at radius 2 is 1.95 bits per heavy atom. The van der Waals surface area contributed by atoms with E-state index in [1.54, 1.807) is 12.1 Å². The number of benzene rings is 1. The van der Waals surface area contributed by atoms with E-state index in [4.69, 9.17) is 0 Å². The molecule has 0 spiro atoms. The third-order valence-corrected chi connectivity index (χ3v) is 4.61. The molecule has 102 valence electrons. The second-order valence-corrected chi connectivity index (χ2v) is 6.22. The van der Waals surface area contributed by atoms with Crippen LogP contribution < -0.4 is 4.90 Å². The van der Waals surface area contributed by atoms with Gasteiger partial charge in [0.15, 0.2) is 0 Å². The van der Waals surface area contributed by atoms with Gasteiger partial charge in [-0.15, -0.1) is 0 Å². The van der Waals surface area contributed by atoms with Crippen LogP contribution in [0.4, 0.5) is 11.4 Å². The summed E-state index contributed by atoms with van der Waals surface area (Å²) in [6.45, 7) is 0. The highest BCUT2D eigenvalue weighted by Gasteiger charge is 2.42. The lowest BCUT2D eigenvalue weighted by molar-refractivity contribution is -0.384. The van der Waals surface area contributed by atoms with E-state index in [1.165, 1.54) is 0 Å². The van der Waals surface area contributed by atoms with Gasteiger partial charge in [0.2, 0.25) is 0 Å². The number of anilines is 1. The summed E-state index contributed by atoms with van der Waals surface area (Å²) in [6, 6.07) is 5.51. The van der Waals surface area contributed by atoms with Crippen molar-refractivity contribution in [3.8, 4) is 0 Å². The highest BCUT2D eigenvalue weighted by molar-refractivity contribution is 9.10. The molecule has 2 atom stereocenters. The fourth-order valence-electron chi connectivity index (χ4n) is 3.40. The molecule has 2 fully saturated rings. The highest BCUT2D eigenvalue weighted by atomic mass is 79.9. The van der Waals surface area contributed by atoms with E-state index in [2.05, 4.69) is 20.8 Å². The summed E-state index contributed by atoms with van der Waals surface area (Å²) < 4.78 is 0.846. The summed E-state index contributed by atoms with van der Waals surface area (Å²) >= 11 is 3.39. The van der Waals surface area contributed by atoms with Crippen molar-refractivity contribution in [1.29, 1.82) is 0 Å². The number of piperidine rings is 1. The average molecular weight is 327 g/mol. The Morgan fingerprint density at radius 3 is 2.53 bits per heavy atom. The summed E-state index contributed by atoms with van der Waals surface area (Å²) in [4.78, 5) is 13.0. The van der Waals surface area contributed by atoms with Crippen LogP contribution in [0.1, 0.15) is 25.7 Å². The van der Waals surface area contributed by atoms with Gasteiger partial charge in [0.1, 0.15) is 5.69 Å². The van der Waals surface area contributed by atoms with E-state index in [1.807, 2.05) is 6.07 Å². The van der Waals surface area contributed by atoms with Crippen molar-refractivity contribution in [1.82, 2.24) is 0 Å². The van der Waals surface area contributed by atoms with E-state index in [-0.39, 0.29) is 28.8 Å². The molecular formula is C13H15BrN2O3. The van der Waals surface area contributed by atoms with Crippen molar-refractivity contribution in [2.24, 2.45) is 0 Å². The summed E-state index contributed by atoms with van der Waals surface area (Å²) in [5.41, 5.74) is 0.829.